The summed E-state index contributed by atoms with van der Waals surface area (Å²) in [5.41, 5.74) is 7.20. The number of hydrogen-bond donors (Lipinski definition) is 1. The molecule has 0 amide bonds. The molecule has 0 saturated heterocycles. The van der Waals surface area contributed by atoms with E-state index < -0.39 is 0 Å². The lowest BCUT2D eigenvalue weighted by Crippen LogP contribution is -2.23. The highest BCUT2D eigenvalue weighted by atomic mass is 19.1. The van der Waals surface area contributed by atoms with Gasteiger partial charge < -0.3 is 5.73 Å². The monoisotopic (exact) mass is 222 g/mol. The van der Waals surface area contributed by atoms with Gasteiger partial charge in [0.15, 0.2) is 0 Å². The normalized spacial score (nSPS) is 10.8. The van der Waals surface area contributed by atoms with Crippen molar-refractivity contribution in [3.63, 3.8) is 0 Å². The van der Waals surface area contributed by atoms with Crippen molar-refractivity contribution in [2.75, 3.05) is 13.1 Å². The highest BCUT2D eigenvalue weighted by molar-refractivity contribution is 5.25. The van der Waals surface area contributed by atoms with Gasteiger partial charge in [-0.05, 0) is 18.2 Å². The van der Waals surface area contributed by atoms with E-state index in [0.29, 0.717) is 18.7 Å². The van der Waals surface area contributed by atoms with Crippen molar-refractivity contribution in [3.8, 4) is 0 Å². The first kappa shape index (κ1) is 12.9. The summed E-state index contributed by atoms with van der Waals surface area (Å²) in [6, 6.07) is 5.04. The van der Waals surface area contributed by atoms with Crippen LogP contribution in [0.3, 0.4) is 0 Å². The summed E-state index contributed by atoms with van der Waals surface area (Å²) in [6.45, 7) is 8.43. The zero-order valence-electron chi connectivity index (χ0n) is 9.75. The van der Waals surface area contributed by atoms with Crippen molar-refractivity contribution < 1.29 is 4.39 Å². The van der Waals surface area contributed by atoms with Crippen molar-refractivity contribution in [2.45, 2.75) is 20.0 Å². The van der Waals surface area contributed by atoms with Gasteiger partial charge in [0.25, 0.3) is 0 Å². The average Bonchev–Trinajstić information content (AvgIpc) is 2.31. The van der Waals surface area contributed by atoms with Gasteiger partial charge >= 0.3 is 0 Å². The van der Waals surface area contributed by atoms with Crippen LogP contribution in [0.4, 0.5) is 4.39 Å². The van der Waals surface area contributed by atoms with E-state index in [-0.39, 0.29) is 5.82 Å². The molecular weight excluding hydrogens is 203 g/mol. The molecule has 1 aromatic rings. The van der Waals surface area contributed by atoms with Gasteiger partial charge in [-0.3, -0.25) is 4.90 Å². The fraction of sp³-hybridized carbons (Fsp3) is 0.385. The first-order valence-electron chi connectivity index (χ1n) is 5.51. The fourth-order valence-corrected chi connectivity index (χ4v) is 1.61. The number of nitrogens with zero attached hydrogens (tertiary/aromatic N) is 1. The number of likely N-dealkylation sites (N-methyl/N-ethyl adjacent to an activating group) is 1. The predicted molar refractivity (Wildman–Crippen MR) is 65.4 cm³/mol. The van der Waals surface area contributed by atoms with Gasteiger partial charge in [0, 0.05) is 25.2 Å². The number of nitrogens with two attached hydrogens (primary N) is 1. The third kappa shape index (κ3) is 3.43. The molecule has 1 aromatic carbocycles. The predicted octanol–water partition coefficient (Wildman–Crippen LogP) is 2.29. The molecule has 0 heterocycles. The second-order valence-corrected chi connectivity index (χ2v) is 3.75. The maximum atomic E-state index is 13.5. The topological polar surface area (TPSA) is 29.3 Å². The summed E-state index contributed by atoms with van der Waals surface area (Å²) in [6.07, 6.45) is 1.83. The Morgan fingerprint density at radius 1 is 1.50 bits per heavy atom. The molecule has 0 fully saturated rings. The quantitative estimate of drug-likeness (QED) is 0.748. The standard InChI is InChI=1S/C13H19FN2/c1-3-7-16(4-2)10-12-8-11(9-15)5-6-13(12)14/h3,5-6,8H,1,4,7,9-10,15H2,2H3. The van der Waals surface area contributed by atoms with Crippen LogP contribution in [0.1, 0.15) is 18.1 Å². The van der Waals surface area contributed by atoms with Crippen molar-refractivity contribution >= 4 is 0 Å². The van der Waals surface area contributed by atoms with Crippen molar-refractivity contribution in [1.29, 1.82) is 0 Å². The number of rotatable bonds is 6. The van der Waals surface area contributed by atoms with Crippen LogP contribution in [0.25, 0.3) is 0 Å². The average molecular weight is 222 g/mol. The summed E-state index contributed by atoms with van der Waals surface area (Å²) in [5.74, 6) is -0.167. The second kappa shape index (κ2) is 6.40. The molecule has 0 aliphatic carbocycles. The molecule has 3 heteroatoms. The van der Waals surface area contributed by atoms with E-state index in [4.69, 9.17) is 5.73 Å². The van der Waals surface area contributed by atoms with Crippen LogP contribution < -0.4 is 5.73 Å². The smallest absolute Gasteiger partial charge is 0.127 e. The van der Waals surface area contributed by atoms with E-state index in [1.165, 1.54) is 6.07 Å². The Balaban J connectivity index is 2.81. The van der Waals surface area contributed by atoms with E-state index in [0.717, 1.165) is 18.7 Å². The van der Waals surface area contributed by atoms with Gasteiger partial charge in [-0.2, -0.15) is 0 Å². The molecule has 0 atom stereocenters. The van der Waals surface area contributed by atoms with Crippen LogP contribution in [0.5, 0.6) is 0 Å². The molecule has 0 saturated carbocycles. The molecule has 2 nitrogen and oxygen atoms in total. The molecule has 0 unspecified atom stereocenters. The third-order valence-corrected chi connectivity index (χ3v) is 2.57. The summed E-state index contributed by atoms with van der Waals surface area (Å²) in [5, 5.41) is 0. The molecule has 16 heavy (non-hydrogen) atoms. The first-order chi connectivity index (χ1) is 7.71. The maximum absolute atomic E-state index is 13.5. The SMILES string of the molecule is C=CCN(CC)Cc1cc(CN)ccc1F. The van der Waals surface area contributed by atoms with E-state index >= 15 is 0 Å². The summed E-state index contributed by atoms with van der Waals surface area (Å²) >= 11 is 0. The summed E-state index contributed by atoms with van der Waals surface area (Å²) in [7, 11) is 0. The minimum absolute atomic E-state index is 0.167. The van der Waals surface area contributed by atoms with E-state index in [2.05, 4.69) is 11.5 Å². The number of halogens is 1. The van der Waals surface area contributed by atoms with Crippen LogP contribution in [0.15, 0.2) is 30.9 Å². The van der Waals surface area contributed by atoms with Crippen molar-refractivity contribution in [2.24, 2.45) is 5.73 Å². The number of hydrogen-bond acceptors (Lipinski definition) is 2. The minimum atomic E-state index is -0.167. The van der Waals surface area contributed by atoms with Gasteiger partial charge in [-0.1, -0.05) is 25.1 Å². The summed E-state index contributed by atoms with van der Waals surface area (Å²) < 4.78 is 13.5. The van der Waals surface area contributed by atoms with Gasteiger partial charge in [0.2, 0.25) is 0 Å². The molecule has 0 bridgehead atoms. The largest absolute Gasteiger partial charge is 0.326 e. The van der Waals surface area contributed by atoms with E-state index in [1.54, 1.807) is 6.07 Å². The van der Waals surface area contributed by atoms with Gasteiger partial charge in [0.05, 0.1) is 0 Å². The Hall–Kier alpha value is -1.19. The van der Waals surface area contributed by atoms with E-state index in [9.17, 15) is 4.39 Å². The number of benzene rings is 1. The van der Waals surface area contributed by atoms with Crippen LogP contribution >= 0.6 is 0 Å². The molecule has 0 aliphatic heterocycles. The lowest BCUT2D eigenvalue weighted by molar-refractivity contribution is 0.306. The Morgan fingerprint density at radius 2 is 2.25 bits per heavy atom. The Morgan fingerprint density at radius 3 is 2.81 bits per heavy atom. The van der Waals surface area contributed by atoms with Crippen LogP contribution in [0, 0.1) is 5.82 Å². The van der Waals surface area contributed by atoms with Crippen LogP contribution in [-0.2, 0) is 13.1 Å². The minimum Gasteiger partial charge on any atom is -0.326 e. The highest BCUT2D eigenvalue weighted by Gasteiger charge is 2.07. The lowest BCUT2D eigenvalue weighted by atomic mass is 10.1. The molecule has 0 aliphatic rings. The highest BCUT2D eigenvalue weighted by Crippen LogP contribution is 2.13. The fourth-order valence-electron chi connectivity index (χ4n) is 1.61. The summed E-state index contributed by atoms with van der Waals surface area (Å²) in [4.78, 5) is 2.12. The Kier molecular flexibility index (Phi) is 5.15. The van der Waals surface area contributed by atoms with Crippen molar-refractivity contribution in [1.82, 2.24) is 4.90 Å². The molecule has 0 aromatic heterocycles. The lowest BCUT2D eigenvalue weighted by Gasteiger charge is -2.19. The van der Waals surface area contributed by atoms with Crippen LogP contribution in [0.2, 0.25) is 0 Å². The Labute approximate surface area is 96.6 Å². The zero-order valence-corrected chi connectivity index (χ0v) is 9.75. The molecule has 1 rings (SSSR count). The molecular formula is C13H19FN2. The maximum Gasteiger partial charge on any atom is 0.127 e. The van der Waals surface area contributed by atoms with Crippen LogP contribution in [-0.4, -0.2) is 18.0 Å². The van der Waals surface area contributed by atoms with Gasteiger partial charge in [0.1, 0.15) is 5.82 Å². The third-order valence-electron chi connectivity index (χ3n) is 2.57. The Bertz CT molecular complexity index is 350. The van der Waals surface area contributed by atoms with Gasteiger partial charge in [-0.25, -0.2) is 4.39 Å². The van der Waals surface area contributed by atoms with Crippen molar-refractivity contribution in [3.05, 3.63) is 47.8 Å². The first-order valence-corrected chi connectivity index (χ1v) is 5.51. The molecule has 0 radical (unpaired) electrons. The molecule has 0 spiro atoms. The molecule has 88 valence electrons. The zero-order chi connectivity index (χ0) is 12.0. The van der Waals surface area contributed by atoms with E-state index in [1.807, 2.05) is 19.1 Å². The molecule has 2 N–H and O–H groups in total. The van der Waals surface area contributed by atoms with Gasteiger partial charge in [-0.15, -0.1) is 6.58 Å². The second-order valence-electron chi connectivity index (χ2n) is 3.75.